The van der Waals surface area contributed by atoms with Crippen molar-refractivity contribution in [3.05, 3.63) is 27.7 Å². The van der Waals surface area contributed by atoms with Gasteiger partial charge in [0.25, 0.3) is 3.00 Å². The van der Waals surface area contributed by atoms with Gasteiger partial charge in [0.15, 0.2) is 0 Å². The summed E-state index contributed by atoms with van der Waals surface area (Å²) in [4.78, 5) is -0.0983. The molecule has 0 unspecified atom stereocenters. The molecule has 1 aromatic carbocycles. The molecule has 0 saturated carbocycles. The third kappa shape index (κ3) is 2.94. The molecule has 0 saturated heterocycles. The summed E-state index contributed by atoms with van der Waals surface area (Å²) in [5.41, 5.74) is 0. The highest BCUT2D eigenvalue weighted by molar-refractivity contribution is 9.10. The summed E-state index contributed by atoms with van der Waals surface area (Å²) >= 11 is 20.1. The fourth-order valence-corrected chi connectivity index (χ4v) is 4.01. The minimum Gasteiger partial charge on any atom is -0.220 e. The number of benzene rings is 1. The van der Waals surface area contributed by atoms with E-state index in [1.807, 2.05) is 0 Å². The van der Waals surface area contributed by atoms with Gasteiger partial charge in [0.05, 0.1) is 9.92 Å². The molecule has 0 N–H and O–H groups in total. The van der Waals surface area contributed by atoms with E-state index in [1.54, 1.807) is 0 Å². The molecule has 0 aromatic heterocycles. The van der Waals surface area contributed by atoms with Gasteiger partial charge in [0.1, 0.15) is 0 Å². The van der Waals surface area contributed by atoms with Crippen LogP contribution in [0.5, 0.6) is 0 Å². The SMILES string of the molecule is O=S(=O)(c1ccc(Br)c(Cl)c1)C(Cl)(Cl)SCl. The van der Waals surface area contributed by atoms with Crippen LogP contribution in [0.2, 0.25) is 5.02 Å². The molecule has 9 heteroatoms. The maximum Gasteiger partial charge on any atom is 0.282 e. The molecule has 0 fully saturated rings. The maximum atomic E-state index is 11.9. The predicted octanol–water partition coefficient (Wildman–Crippen LogP) is 4.85. The maximum absolute atomic E-state index is 11.9. The molecule has 0 aliphatic rings. The van der Waals surface area contributed by atoms with E-state index in [2.05, 4.69) is 15.9 Å². The zero-order valence-corrected chi connectivity index (χ0v) is 13.5. The van der Waals surface area contributed by atoms with E-state index >= 15 is 0 Å². The van der Waals surface area contributed by atoms with Crippen molar-refractivity contribution < 1.29 is 8.42 Å². The molecule has 0 aliphatic heterocycles. The van der Waals surface area contributed by atoms with Crippen LogP contribution in [0.1, 0.15) is 0 Å². The summed E-state index contributed by atoms with van der Waals surface area (Å²) in [7, 11) is 1.66. The van der Waals surface area contributed by atoms with Crippen LogP contribution in [-0.4, -0.2) is 11.4 Å². The van der Waals surface area contributed by atoms with Crippen LogP contribution in [0.15, 0.2) is 27.6 Å². The third-order valence-corrected chi connectivity index (χ3v) is 8.55. The van der Waals surface area contributed by atoms with Crippen molar-refractivity contribution in [3.8, 4) is 0 Å². The first kappa shape index (κ1) is 15.2. The topological polar surface area (TPSA) is 34.1 Å². The van der Waals surface area contributed by atoms with Gasteiger partial charge < -0.3 is 0 Å². The van der Waals surface area contributed by atoms with Crippen molar-refractivity contribution >= 4 is 82.2 Å². The van der Waals surface area contributed by atoms with Gasteiger partial charge in [0, 0.05) is 15.4 Å². The summed E-state index contributed by atoms with van der Waals surface area (Å²) in [6.45, 7) is 0. The van der Waals surface area contributed by atoms with Crippen molar-refractivity contribution in [2.24, 2.45) is 0 Å². The zero-order chi connectivity index (χ0) is 12.6. The van der Waals surface area contributed by atoms with Crippen LogP contribution >= 0.6 is 72.4 Å². The molecule has 0 aliphatic carbocycles. The Kier molecular flexibility index (Phi) is 5.16. The lowest BCUT2D eigenvalue weighted by Crippen LogP contribution is -2.21. The highest BCUT2D eigenvalue weighted by Crippen LogP contribution is 2.46. The molecule has 0 amide bonds. The van der Waals surface area contributed by atoms with Crippen LogP contribution in [0, 0.1) is 0 Å². The first-order chi connectivity index (χ1) is 7.22. The minimum atomic E-state index is -3.97. The molecule has 16 heavy (non-hydrogen) atoms. The fourth-order valence-electron chi connectivity index (χ4n) is 0.823. The van der Waals surface area contributed by atoms with Crippen LogP contribution in [0.3, 0.4) is 0 Å². The highest BCUT2D eigenvalue weighted by Gasteiger charge is 2.42. The summed E-state index contributed by atoms with van der Waals surface area (Å²) in [5.74, 6) is 0. The molecule has 1 rings (SSSR count). The van der Waals surface area contributed by atoms with E-state index in [0.29, 0.717) is 15.4 Å². The number of alkyl halides is 2. The van der Waals surface area contributed by atoms with E-state index in [-0.39, 0.29) is 9.92 Å². The second-order valence-corrected chi connectivity index (χ2v) is 9.68. The first-order valence-electron chi connectivity index (χ1n) is 3.59. The number of sulfone groups is 1. The number of halogens is 5. The van der Waals surface area contributed by atoms with E-state index in [1.165, 1.54) is 18.2 Å². The summed E-state index contributed by atoms with van der Waals surface area (Å²) in [6.07, 6.45) is 0. The van der Waals surface area contributed by atoms with E-state index in [0.717, 1.165) is 0 Å². The summed E-state index contributed by atoms with van der Waals surface area (Å²) < 4.78 is 22.2. The van der Waals surface area contributed by atoms with Gasteiger partial charge in [-0.1, -0.05) is 34.8 Å². The molecular formula is C7H3BrCl4O2S2. The molecule has 0 spiro atoms. The average molecular weight is 405 g/mol. The quantitative estimate of drug-likeness (QED) is 0.675. The first-order valence-corrected chi connectivity index (χ1v) is 8.65. The van der Waals surface area contributed by atoms with Crippen LogP contribution < -0.4 is 0 Å². The van der Waals surface area contributed by atoms with Crippen LogP contribution in [0.25, 0.3) is 0 Å². The van der Waals surface area contributed by atoms with Crippen molar-refractivity contribution in [3.63, 3.8) is 0 Å². The Balaban J connectivity index is 3.34. The summed E-state index contributed by atoms with van der Waals surface area (Å²) in [5, 5.41) is 0.241. The Morgan fingerprint density at radius 1 is 1.31 bits per heavy atom. The number of hydrogen-bond donors (Lipinski definition) is 0. The lowest BCUT2D eigenvalue weighted by Gasteiger charge is -2.16. The molecule has 0 radical (unpaired) electrons. The van der Waals surface area contributed by atoms with Gasteiger partial charge in [-0.3, -0.25) is 0 Å². The molecule has 0 bridgehead atoms. The molecular weight excluding hydrogens is 402 g/mol. The standard InChI is InChI=1S/C7H3BrCl4O2S2/c8-5-2-1-4(3-6(5)9)16(13,14)7(10,11)15-12/h1-3H. The second-order valence-electron chi connectivity index (χ2n) is 2.62. The van der Waals surface area contributed by atoms with Crippen LogP contribution in [0.4, 0.5) is 0 Å². The molecule has 0 atom stereocenters. The zero-order valence-electron chi connectivity index (χ0n) is 7.25. The molecule has 1 aromatic rings. The van der Waals surface area contributed by atoms with E-state index in [9.17, 15) is 8.42 Å². The Labute approximate surface area is 125 Å². The van der Waals surface area contributed by atoms with Gasteiger partial charge in [0.2, 0.25) is 9.84 Å². The average Bonchev–Trinajstić information content (AvgIpc) is 2.21. The highest BCUT2D eigenvalue weighted by atomic mass is 79.9. The Morgan fingerprint density at radius 2 is 1.88 bits per heavy atom. The van der Waals surface area contributed by atoms with Crippen LogP contribution in [-0.2, 0) is 9.84 Å². The molecule has 0 heterocycles. The normalized spacial score (nSPS) is 12.8. The Bertz CT molecular complexity index is 503. The van der Waals surface area contributed by atoms with Crippen molar-refractivity contribution in [2.45, 2.75) is 7.89 Å². The third-order valence-electron chi connectivity index (χ3n) is 1.60. The van der Waals surface area contributed by atoms with Gasteiger partial charge in [-0.2, -0.15) is 0 Å². The van der Waals surface area contributed by atoms with Gasteiger partial charge in [-0.15, -0.1) is 0 Å². The van der Waals surface area contributed by atoms with Gasteiger partial charge in [-0.05, 0) is 44.8 Å². The largest absolute Gasteiger partial charge is 0.282 e. The lowest BCUT2D eigenvalue weighted by molar-refractivity contribution is 0.597. The van der Waals surface area contributed by atoms with Crippen molar-refractivity contribution in [1.29, 1.82) is 0 Å². The smallest absolute Gasteiger partial charge is 0.220 e. The number of hydrogen-bond acceptors (Lipinski definition) is 3. The van der Waals surface area contributed by atoms with Crippen molar-refractivity contribution in [1.82, 2.24) is 0 Å². The van der Waals surface area contributed by atoms with Gasteiger partial charge in [-0.25, -0.2) is 8.42 Å². The Morgan fingerprint density at radius 3 is 2.31 bits per heavy atom. The van der Waals surface area contributed by atoms with E-state index in [4.69, 9.17) is 45.5 Å². The second kappa shape index (κ2) is 5.43. The minimum absolute atomic E-state index is 0.0983. The summed E-state index contributed by atoms with van der Waals surface area (Å²) in [6, 6.07) is 4.06. The molecule has 2 nitrogen and oxygen atoms in total. The number of rotatable bonds is 3. The lowest BCUT2D eigenvalue weighted by atomic mass is 10.4. The predicted molar refractivity (Wildman–Crippen MR) is 74.2 cm³/mol. The van der Waals surface area contributed by atoms with E-state index < -0.39 is 12.8 Å². The Hall–Kier alpha value is 1.16. The molecule has 90 valence electrons. The fraction of sp³-hybridized carbons (Fsp3) is 0.143. The van der Waals surface area contributed by atoms with Gasteiger partial charge >= 0.3 is 0 Å². The van der Waals surface area contributed by atoms with Crippen molar-refractivity contribution in [2.75, 3.05) is 0 Å². The monoisotopic (exact) mass is 402 g/mol.